The monoisotopic (exact) mass is 1040 g/mol. The number of aryl methyl sites for hydroxylation is 2. The van der Waals surface area contributed by atoms with Gasteiger partial charge < -0.3 is 25.0 Å². The lowest BCUT2D eigenvalue weighted by molar-refractivity contribution is -0.127. The number of nitrogens with zero attached hydrogens (tertiary/aromatic N) is 7. The van der Waals surface area contributed by atoms with Crippen LogP contribution in [-0.4, -0.2) is 93.4 Å². The van der Waals surface area contributed by atoms with Gasteiger partial charge in [0, 0.05) is 83.0 Å². The zero-order valence-electron chi connectivity index (χ0n) is 39.9. The third-order valence-corrected chi connectivity index (χ3v) is 13.4. The fourth-order valence-corrected chi connectivity index (χ4v) is 9.37. The number of likely N-dealkylation sites (tertiary alicyclic amines) is 1. The van der Waals surface area contributed by atoms with Crippen molar-refractivity contribution in [2.45, 2.75) is 70.9 Å². The third-order valence-electron chi connectivity index (χ3n) is 11.6. The number of rotatable bonds is 14. The van der Waals surface area contributed by atoms with Crippen molar-refractivity contribution >= 4 is 101 Å². The standard InChI is InChI=1S/C25H25N7O3S.C23H24N6O2S.C3H3ClO/c1-3-20(33)32-12-4-5-17(14-32)28-23-21-19(10-11-26-22(21)30-31-23)35-18-8-6-16(7-9-18)24(34)29-25-27-13-15(2)36-25;1-14-13-25-23(32-14)27-22(30)15-7-9-17(10-8-15)31-18-11-12-24-20-19(18)21(29-28-20)26-16-5-3-2-4-6-16;1-2-3(4)5/h3,6-11,13,17H,1,4-5,12,14H2,2H3,(H,27,29,34)(H2,26,28,30,31);7-13,16H,2-6H2,1H3,(H,25,27,30)(H2,24,26,28,29);2H,1H2/t17-;;/m1../s1. The van der Waals surface area contributed by atoms with E-state index in [0.29, 0.717) is 79.5 Å². The summed E-state index contributed by atoms with van der Waals surface area (Å²) in [4.78, 5) is 67.4. The maximum atomic E-state index is 12.5. The summed E-state index contributed by atoms with van der Waals surface area (Å²) in [5.41, 5.74) is 2.29. The van der Waals surface area contributed by atoms with E-state index in [1.165, 1.54) is 48.0 Å². The number of carbonyl (C=O) groups excluding carboxylic acids is 4. The normalized spacial score (nSPS) is 14.4. The number of amides is 3. The first-order valence-electron chi connectivity index (χ1n) is 23.4. The molecular formula is C51H52ClN13O6S2. The molecular weight excluding hydrogens is 990 g/mol. The van der Waals surface area contributed by atoms with Gasteiger partial charge in [0.2, 0.25) is 11.1 Å². The number of piperidine rings is 1. The summed E-state index contributed by atoms with van der Waals surface area (Å²) in [6.45, 7) is 11.8. The van der Waals surface area contributed by atoms with Crippen LogP contribution >= 0.6 is 34.3 Å². The maximum Gasteiger partial charge on any atom is 0.257 e. The quantitative estimate of drug-likeness (QED) is 0.0438. The summed E-state index contributed by atoms with van der Waals surface area (Å²) in [6, 6.07) is 18.0. The van der Waals surface area contributed by atoms with E-state index in [1.54, 1.807) is 84.3 Å². The van der Waals surface area contributed by atoms with Crippen LogP contribution in [0, 0.1) is 13.8 Å². The molecule has 376 valence electrons. The van der Waals surface area contributed by atoms with Gasteiger partial charge in [0.25, 0.3) is 11.8 Å². The van der Waals surface area contributed by atoms with Gasteiger partial charge in [0.15, 0.2) is 33.2 Å². The van der Waals surface area contributed by atoms with E-state index in [4.69, 9.17) is 21.1 Å². The smallest absolute Gasteiger partial charge is 0.257 e. The number of benzene rings is 2. The van der Waals surface area contributed by atoms with Gasteiger partial charge in [-0.25, -0.2) is 19.9 Å². The van der Waals surface area contributed by atoms with Crippen molar-refractivity contribution in [2.24, 2.45) is 0 Å². The van der Waals surface area contributed by atoms with E-state index in [0.717, 1.165) is 59.3 Å². The predicted molar refractivity (Wildman–Crippen MR) is 285 cm³/mol. The number of carbonyl (C=O) groups is 4. The number of H-pyrrole nitrogens is 2. The first-order valence-corrected chi connectivity index (χ1v) is 25.4. The Hall–Kier alpha value is -8.01. The van der Waals surface area contributed by atoms with Gasteiger partial charge in [-0.05, 0) is 112 Å². The molecule has 73 heavy (non-hydrogen) atoms. The van der Waals surface area contributed by atoms with Gasteiger partial charge in [0.1, 0.15) is 33.8 Å². The number of hydrogen-bond donors (Lipinski definition) is 6. The highest BCUT2D eigenvalue weighted by Crippen LogP contribution is 2.36. The number of aromatic amines is 2. The van der Waals surface area contributed by atoms with Crippen molar-refractivity contribution in [3.05, 3.63) is 132 Å². The minimum atomic E-state index is -0.509. The second kappa shape index (κ2) is 24.4. The van der Waals surface area contributed by atoms with Crippen molar-refractivity contribution in [2.75, 3.05) is 34.4 Å². The molecule has 1 atom stereocenters. The molecule has 22 heteroatoms. The number of fused-ring (bicyclic) bond motifs is 2. The van der Waals surface area contributed by atoms with Crippen LogP contribution in [0.1, 0.15) is 75.4 Å². The van der Waals surface area contributed by atoms with Crippen LogP contribution < -0.4 is 30.7 Å². The summed E-state index contributed by atoms with van der Waals surface area (Å²) in [5, 5.41) is 29.6. The summed E-state index contributed by atoms with van der Waals surface area (Å²) < 4.78 is 12.3. The van der Waals surface area contributed by atoms with Crippen LogP contribution in [0.2, 0.25) is 0 Å². The molecule has 6 aromatic heterocycles. The Morgan fingerprint density at radius 2 is 1.12 bits per heavy atom. The fourth-order valence-electron chi connectivity index (χ4n) is 8.05. The number of nitrogens with one attached hydrogen (secondary N) is 6. The predicted octanol–water partition coefficient (Wildman–Crippen LogP) is 10.8. The minimum absolute atomic E-state index is 0.0432. The number of aromatic nitrogens is 8. The van der Waals surface area contributed by atoms with E-state index in [-0.39, 0.29) is 23.8 Å². The molecule has 0 spiro atoms. The summed E-state index contributed by atoms with van der Waals surface area (Å²) in [7, 11) is 0. The Labute approximate surface area is 432 Å². The lowest BCUT2D eigenvalue weighted by Crippen LogP contribution is -2.44. The highest BCUT2D eigenvalue weighted by Gasteiger charge is 2.25. The van der Waals surface area contributed by atoms with Crippen LogP contribution in [0.3, 0.4) is 0 Å². The number of allylic oxidation sites excluding steroid dienone is 1. The average molecular weight is 1040 g/mol. The summed E-state index contributed by atoms with van der Waals surface area (Å²) in [6.07, 6.45) is 17.1. The Bertz CT molecular complexity index is 3220. The number of thiazole rings is 2. The molecule has 2 aromatic carbocycles. The van der Waals surface area contributed by atoms with Gasteiger partial charge in [-0.3, -0.25) is 40.0 Å². The van der Waals surface area contributed by atoms with Gasteiger partial charge in [-0.1, -0.05) is 32.4 Å². The molecule has 1 saturated carbocycles. The van der Waals surface area contributed by atoms with Crippen LogP contribution in [0.15, 0.2) is 111 Å². The molecule has 3 amide bonds. The lowest BCUT2D eigenvalue weighted by atomic mass is 9.95. The van der Waals surface area contributed by atoms with E-state index in [9.17, 15) is 19.2 Å². The maximum absolute atomic E-state index is 12.5. The molecule has 10 rings (SSSR count). The Morgan fingerprint density at radius 1 is 0.658 bits per heavy atom. The van der Waals surface area contributed by atoms with E-state index >= 15 is 0 Å². The minimum Gasteiger partial charge on any atom is -0.456 e. The van der Waals surface area contributed by atoms with Crippen molar-refractivity contribution in [3.63, 3.8) is 0 Å². The second-order valence-electron chi connectivity index (χ2n) is 16.9. The van der Waals surface area contributed by atoms with Crippen molar-refractivity contribution in [1.29, 1.82) is 0 Å². The number of ether oxygens (including phenoxy) is 2. The first-order chi connectivity index (χ1) is 35.4. The summed E-state index contributed by atoms with van der Waals surface area (Å²) in [5.74, 6) is 3.30. The largest absolute Gasteiger partial charge is 0.456 e. The van der Waals surface area contributed by atoms with Gasteiger partial charge in [0.05, 0.1) is 0 Å². The van der Waals surface area contributed by atoms with Crippen molar-refractivity contribution in [1.82, 2.24) is 45.2 Å². The first kappa shape index (κ1) is 51.3. The molecule has 7 heterocycles. The third kappa shape index (κ3) is 13.7. The lowest BCUT2D eigenvalue weighted by Gasteiger charge is -2.32. The zero-order chi connectivity index (χ0) is 51.3. The van der Waals surface area contributed by atoms with Crippen LogP contribution in [0.4, 0.5) is 21.9 Å². The number of pyridine rings is 2. The van der Waals surface area contributed by atoms with Crippen LogP contribution in [-0.2, 0) is 9.59 Å². The molecule has 1 aliphatic carbocycles. The average Bonchev–Trinajstić information content (AvgIpc) is 4.23. The van der Waals surface area contributed by atoms with Crippen molar-refractivity contribution < 1.29 is 28.7 Å². The molecule has 0 radical (unpaired) electrons. The van der Waals surface area contributed by atoms with Crippen LogP contribution in [0.25, 0.3) is 22.1 Å². The number of anilines is 4. The second-order valence-corrected chi connectivity index (χ2v) is 19.7. The molecule has 2 fully saturated rings. The van der Waals surface area contributed by atoms with E-state index in [1.807, 2.05) is 19.9 Å². The van der Waals surface area contributed by atoms with E-state index in [2.05, 4.69) is 74.8 Å². The zero-order valence-corrected chi connectivity index (χ0v) is 42.3. The van der Waals surface area contributed by atoms with Gasteiger partial charge in [-0.2, -0.15) is 10.2 Å². The van der Waals surface area contributed by atoms with Gasteiger partial charge >= 0.3 is 0 Å². The van der Waals surface area contributed by atoms with Gasteiger partial charge in [-0.15, -0.1) is 22.7 Å². The topological polar surface area (TPSA) is 247 Å². The fraction of sp³-hybridized carbons (Fsp3) is 0.255. The van der Waals surface area contributed by atoms with Crippen LogP contribution in [0.5, 0.6) is 23.0 Å². The molecule has 0 bridgehead atoms. The Morgan fingerprint density at radius 3 is 1.56 bits per heavy atom. The summed E-state index contributed by atoms with van der Waals surface area (Å²) >= 11 is 7.57. The molecule has 19 nitrogen and oxygen atoms in total. The number of halogens is 1. The molecule has 1 aliphatic heterocycles. The number of hydrogen-bond acceptors (Lipinski definition) is 16. The SMILES string of the molecule is C=CC(=O)Cl.C=CC(=O)N1CCC[C@@H](Nc2n[nH]c3nccc(Oc4ccc(C(=O)Nc5ncc(C)s5)cc4)c23)C1.Cc1cnc(NC(=O)c2ccc(Oc3ccnc4[nH]nc(NC5CCCCC5)c34)cc2)s1. The molecule has 2 aliphatic rings. The molecule has 0 unspecified atom stereocenters. The van der Waals surface area contributed by atoms with E-state index < -0.39 is 5.24 Å². The molecule has 8 aromatic rings. The molecule has 1 saturated heterocycles. The highest BCUT2D eigenvalue weighted by molar-refractivity contribution is 7.16. The molecule has 6 N–H and O–H groups in total. The van der Waals surface area contributed by atoms with Crippen molar-refractivity contribution in [3.8, 4) is 23.0 Å². The Kier molecular flexibility index (Phi) is 17.2. The highest BCUT2D eigenvalue weighted by atomic mass is 35.5. The Balaban J connectivity index is 0.000000179.